The normalized spacial score (nSPS) is 10.9. The van der Waals surface area contributed by atoms with Gasteiger partial charge in [-0.25, -0.2) is 9.78 Å². The summed E-state index contributed by atoms with van der Waals surface area (Å²) in [6.07, 6.45) is 1.74. The lowest BCUT2D eigenvalue weighted by molar-refractivity contribution is 0.0699. The summed E-state index contributed by atoms with van der Waals surface area (Å²) in [5.74, 6) is -0.937. The minimum Gasteiger partial charge on any atom is -0.478 e. The Kier molecular flexibility index (Phi) is 2.00. The van der Waals surface area contributed by atoms with E-state index in [2.05, 4.69) is 4.98 Å². The van der Waals surface area contributed by atoms with Crippen LogP contribution < -0.4 is 0 Å². The molecule has 0 saturated heterocycles. The Morgan fingerprint density at radius 1 is 1.40 bits per heavy atom. The summed E-state index contributed by atoms with van der Waals surface area (Å²) >= 11 is 0. The highest BCUT2D eigenvalue weighted by Gasteiger charge is 2.13. The third-order valence-corrected chi connectivity index (χ3v) is 2.81. The van der Waals surface area contributed by atoms with E-state index in [-0.39, 0.29) is 5.56 Å². The molecule has 0 bridgehead atoms. The van der Waals surface area contributed by atoms with Crippen LogP contribution in [0.3, 0.4) is 0 Å². The number of carboxylic acid groups (broad SMARTS) is 1. The maximum atomic E-state index is 10.9. The molecule has 1 N–H and O–H groups in total. The molecule has 0 atom stereocenters. The van der Waals surface area contributed by atoms with Gasteiger partial charge in [-0.15, -0.1) is 0 Å². The number of carbonyl (C=O) groups is 1. The Morgan fingerprint density at radius 2 is 2.07 bits per heavy atom. The first-order valence-electron chi connectivity index (χ1n) is 4.70. The smallest absolute Gasteiger partial charge is 0.339 e. The van der Waals surface area contributed by atoms with E-state index < -0.39 is 5.97 Å². The molecule has 0 radical (unpaired) electrons. The van der Waals surface area contributed by atoms with Crippen molar-refractivity contribution in [2.24, 2.45) is 0 Å². The standard InChI is InChI=1S/C11H12N2O2/c1-6-7(2)12-10-9(11(14)15)4-5-13(10)8(6)3/h4-5H,1-3H3,(H,14,15). The van der Waals surface area contributed by atoms with Crippen molar-refractivity contribution in [2.45, 2.75) is 20.8 Å². The van der Waals surface area contributed by atoms with Crippen LogP contribution in [0.1, 0.15) is 27.3 Å². The van der Waals surface area contributed by atoms with Crippen LogP contribution in [0.4, 0.5) is 0 Å². The molecule has 2 rings (SSSR count). The predicted octanol–water partition coefficient (Wildman–Crippen LogP) is 1.96. The Bertz CT molecular complexity index is 555. The third kappa shape index (κ3) is 1.29. The second kappa shape index (κ2) is 3.08. The predicted molar refractivity (Wildman–Crippen MR) is 56.4 cm³/mol. The van der Waals surface area contributed by atoms with Gasteiger partial charge in [-0.2, -0.15) is 0 Å². The molecule has 0 amide bonds. The van der Waals surface area contributed by atoms with Crippen molar-refractivity contribution in [1.29, 1.82) is 0 Å². The van der Waals surface area contributed by atoms with Gasteiger partial charge in [0.05, 0.1) is 0 Å². The summed E-state index contributed by atoms with van der Waals surface area (Å²) in [4.78, 5) is 15.2. The van der Waals surface area contributed by atoms with Gasteiger partial charge >= 0.3 is 5.97 Å². The average molecular weight is 204 g/mol. The number of aromatic carboxylic acids is 1. The summed E-state index contributed by atoms with van der Waals surface area (Å²) in [6, 6.07) is 1.58. The Balaban J connectivity index is 2.89. The van der Waals surface area contributed by atoms with Crippen LogP contribution in [-0.4, -0.2) is 20.5 Å². The number of aromatic nitrogens is 2. The minimum atomic E-state index is -0.937. The Morgan fingerprint density at radius 3 is 2.67 bits per heavy atom. The molecule has 0 aliphatic rings. The highest BCUT2D eigenvalue weighted by Crippen LogP contribution is 2.17. The highest BCUT2D eigenvalue weighted by molar-refractivity contribution is 5.94. The number of hydrogen-bond acceptors (Lipinski definition) is 2. The zero-order chi connectivity index (χ0) is 11.2. The number of fused-ring (bicyclic) bond motifs is 1. The van der Waals surface area contributed by atoms with Crippen LogP contribution in [0.25, 0.3) is 5.65 Å². The number of rotatable bonds is 1. The van der Waals surface area contributed by atoms with Gasteiger partial charge in [-0.1, -0.05) is 0 Å². The fourth-order valence-electron chi connectivity index (χ4n) is 1.66. The summed E-state index contributed by atoms with van der Waals surface area (Å²) in [5, 5.41) is 8.97. The first-order chi connectivity index (χ1) is 7.02. The van der Waals surface area contributed by atoms with E-state index >= 15 is 0 Å². The number of hydrogen-bond donors (Lipinski definition) is 1. The SMILES string of the molecule is Cc1nc2c(C(=O)O)ccn2c(C)c1C. The molecule has 4 nitrogen and oxygen atoms in total. The largest absolute Gasteiger partial charge is 0.478 e. The van der Waals surface area contributed by atoms with Gasteiger partial charge < -0.3 is 9.51 Å². The van der Waals surface area contributed by atoms with E-state index in [0.717, 1.165) is 17.0 Å². The van der Waals surface area contributed by atoms with Crippen LogP contribution in [0, 0.1) is 20.8 Å². The van der Waals surface area contributed by atoms with E-state index in [0.29, 0.717) is 5.65 Å². The van der Waals surface area contributed by atoms with Gasteiger partial charge in [0.15, 0.2) is 5.65 Å². The lowest BCUT2D eigenvalue weighted by Crippen LogP contribution is -2.03. The van der Waals surface area contributed by atoms with E-state index in [1.807, 2.05) is 25.2 Å². The summed E-state index contributed by atoms with van der Waals surface area (Å²) in [5.41, 5.74) is 3.77. The molecule has 0 unspecified atom stereocenters. The quantitative estimate of drug-likeness (QED) is 0.772. The molecular formula is C11H12N2O2. The molecule has 4 heteroatoms. The van der Waals surface area contributed by atoms with E-state index in [1.165, 1.54) is 0 Å². The van der Waals surface area contributed by atoms with Gasteiger partial charge in [0.25, 0.3) is 0 Å². The summed E-state index contributed by atoms with van der Waals surface area (Å²) < 4.78 is 1.81. The minimum absolute atomic E-state index is 0.251. The lowest BCUT2D eigenvalue weighted by atomic mass is 10.2. The van der Waals surface area contributed by atoms with Gasteiger partial charge in [-0.3, -0.25) is 0 Å². The molecular weight excluding hydrogens is 192 g/mol. The van der Waals surface area contributed by atoms with Gasteiger partial charge in [0.2, 0.25) is 0 Å². The zero-order valence-corrected chi connectivity index (χ0v) is 8.90. The second-order valence-corrected chi connectivity index (χ2v) is 3.64. The first-order valence-corrected chi connectivity index (χ1v) is 4.70. The van der Waals surface area contributed by atoms with Crippen molar-refractivity contribution in [1.82, 2.24) is 9.38 Å². The maximum absolute atomic E-state index is 10.9. The zero-order valence-electron chi connectivity index (χ0n) is 8.90. The highest BCUT2D eigenvalue weighted by atomic mass is 16.4. The van der Waals surface area contributed by atoms with Crippen molar-refractivity contribution in [3.05, 3.63) is 34.8 Å². The maximum Gasteiger partial charge on any atom is 0.339 e. The van der Waals surface area contributed by atoms with Crippen molar-refractivity contribution in [3.63, 3.8) is 0 Å². The average Bonchev–Trinajstić information content (AvgIpc) is 2.58. The molecule has 0 aliphatic heterocycles. The molecule has 0 spiro atoms. The fraction of sp³-hybridized carbons (Fsp3) is 0.273. The molecule has 2 aromatic heterocycles. The molecule has 0 fully saturated rings. The van der Waals surface area contributed by atoms with Crippen LogP contribution in [0.2, 0.25) is 0 Å². The number of nitrogens with zero attached hydrogens (tertiary/aromatic N) is 2. The lowest BCUT2D eigenvalue weighted by Gasteiger charge is -2.07. The van der Waals surface area contributed by atoms with Crippen molar-refractivity contribution in [2.75, 3.05) is 0 Å². The Hall–Kier alpha value is -1.84. The van der Waals surface area contributed by atoms with E-state index in [4.69, 9.17) is 5.11 Å². The van der Waals surface area contributed by atoms with Gasteiger partial charge in [-0.05, 0) is 32.4 Å². The van der Waals surface area contributed by atoms with E-state index in [9.17, 15) is 4.79 Å². The van der Waals surface area contributed by atoms with Crippen LogP contribution in [-0.2, 0) is 0 Å². The monoisotopic (exact) mass is 204 g/mol. The molecule has 2 aromatic rings. The van der Waals surface area contributed by atoms with Gasteiger partial charge in [0, 0.05) is 17.6 Å². The summed E-state index contributed by atoms with van der Waals surface area (Å²) in [6.45, 7) is 5.83. The topological polar surface area (TPSA) is 54.6 Å². The fourth-order valence-corrected chi connectivity index (χ4v) is 1.66. The second-order valence-electron chi connectivity index (χ2n) is 3.64. The molecule has 0 saturated carbocycles. The Labute approximate surface area is 87.2 Å². The van der Waals surface area contributed by atoms with Crippen LogP contribution in [0.15, 0.2) is 12.3 Å². The van der Waals surface area contributed by atoms with Crippen LogP contribution in [0.5, 0.6) is 0 Å². The third-order valence-electron chi connectivity index (χ3n) is 2.81. The number of carboxylic acids is 1. The van der Waals surface area contributed by atoms with E-state index in [1.54, 1.807) is 12.3 Å². The van der Waals surface area contributed by atoms with Crippen LogP contribution >= 0.6 is 0 Å². The molecule has 0 aromatic carbocycles. The molecule has 0 aliphatic carbocycles. The molecule has 2 heterocycles. The molecule has 15 heavy (non-hydrogen) atoms. The summed E-state index contributed by atoms with van der Waals surface area (Å²) in [7, 11) is 0. The van der Waals surface area contributed by atoms with Crippen molar-refractivity contribution >= 4 is 11.6 Å². The first kappa shape index (κ1) is 9.71. The van der Waals surface area contributed by atoms with Crippen molar-refractivity contribution in [3.8, 4) is 0 Å². The van der Waals surface area contributed by atoms with Gasteiger partial charge in [0.1, 0.15) is 5.56 Å². The molecule has 78 valence electrons. The number of aryl methyl sites for hydroxylation is 2. The van der Waals surface area contributed by atoms with Crippen molar-refractivity contribution < 1.29 is 9.90 Å².